The summed E-state index contributed by atoms with van der Waals surface area (Å²) in [6, 6.07) is 0. The SMILES string of the molecule is BrCC1CC=CCC1CBr. The van der Waals surface area contributed by atoms with Crippen molar-refractivity contribution in [2.24, 2.45) is 11.8 Å². The number of allylic oxidation sites excluding steroid dienone is 2. The van der Waals surface area contributed by atoms with Crippen molar-refractivity contribution in [3.8, 4) is 0 Å². The van der Waals surface area contributed by atoms with E-state index in [9.17, 15) is 0 Å². The van der Waals surface area contributed by atoms with E-state index in [1.165, 1.54) is 12.8 Å². The molecule has 0 aromatic carbocycles. The van der Waals surface area contributed by atoms with Crippen LogP contribution >= 0.6 is 31.9 Å². The summed E-state index contributed by atoms with van der Waals surface area (Å²) in [4.78, 5) is 0. The molecule has 0 bridgehead atoms. The summed E-state index contributed by atoms with van der Waals surface area (Å²) in [6.45, 7) is 0. The van der Waals surface area contributed by atoms with Gasteiger partial charge in [-0.1, -0.05) is 44.0 Å². The number of halogens is 2. The largest absolute Gasteiger partial charge is 0.0925 e. The van der Waals surface area contributed by atoms with Crippen LogP contribution in [0.15, 0.2) is 12.2 Å². The molecule has 1 rings (SSSR count). The minimum Gasteiger partial charge on any atom is -0.0925 e. The predicted octanol–water partition coefficient (Wildman–Crippen LogP) is 3.36. The van der Waals surface area contributed by atoms with Crippen LogP contribution in [0.1, 0.15) is 12.8 Å². The van der Waals surface area contributed by atoms with Crippen LogP contribution in [-0.2, 0) is 0 Å². The van der Waals surface area contributed by atoms with Crippen molar-refractivity contribution in [1.82, 2.24) is 0 Å². The quantitative estimate of drug-likeness (QED) is 0.532. The van der Waals surface area contributed by atoms with Gasteiger partial charge in [0.05, 0.1) is 0 Å². The van der Waals surface area contributed by atoms with E-state index in [1.807, 2.05) is 0 Å². The molecule has 0 saturated carbocycles. The third-order valence-corrected chi connectivity index (χ3v) is 3.77. The van der Waals surface area contributed by atoms with E-state index in [4.69, 9.17) is 0 Å². The lowest BCUT2D eigenvalue weighted by molar-refractivity contribution is 0.397. The number of hydrogen-bond donors (Lipinski definition) is 0. The van der Waals surface area contributed by atoms with Crippen LogP contribution in [0.3, 0.4) is 0 Å². The van der Waals surface area contributed by atoms with Crippen molar-refractivity contribution in [3.05, 3.63) is 12.2 Å². The molecule has 0 aromatic rings. The normalized spacial score (nSPS) is 32.6. The van der Waals surface area contributed by atoms with Crippen LogP contribution in [-0.4, -0.2) is 10.7 Å². The summed E-state index contributed by atoms with van der Waals surface area (Å²) in [6.07, 6.45) is 7.10. The molecular weight excluding hydrogens is 256 g/mol. The number of hydrogen-bond acceptors (Lipinski definition) is 0. The Balaban J connectivity index is 2.45. The zero-order chi connectivity index (χ0) is 7.40. The van der Waals surface area contributed by atoms with Crippen molar-refractivity contribution in [2.45, 2.75) is 12.8 Å². The lowest BCUT2D eigenvalue weighted by Gasteiger charge is -2.24. The van der Waals surface area contributed by atoms with Gasteiger partial charge in [0.2, 0.25) is 0 Å². The first-order chi connectivity index (χ1) is 4.88. The van der Waals surface area contributed by atoms with Gasteiger partial charge in [0.25, 0.3) is 0 Å². The summed E-state index contributed by atoms with van der Waals surface area (Å²) < 4.78 is 0. The molecule has 2 atom stereocenters. The predicted molar refractivity (Wildman–Crippen MR) is 52.9 cm³/mol. The monoisotopic (exact) mass is 266 g/mol. The van der Waals surface area contributed by atoms with E-state index in [-0.39, 0.29) is 0 Å². The Morgan fingerprint density at radius 1 is 1.00 bits per heavy atom. The van der Waals surface area contributed by atoms with Crippen molar-refractivity contribution < 1.29 is 0 Å². The van der Waals surface area contributed by atoms with Crippen molar-refractivity contribution in [1.29, 1.82) is 0 Å². The molecule has 0 N–H and O–H groups in total. The Morgan fingerprint density at radius 3 is 1.70 bits per heavy atom. The van der Waals surface area contributed by atoms with Crippen molar-refractivity contribution >= 4 is 31.9 Å². The van der Waals surface area contributed by atoms with Gasteiger partial charge in [0.15, 0.2) is 0 Å². The minimum absolute atomic E-state index is 0.851. The maximum absolute atomic E-state index is 3.54. The Hall–Kier alpha value is 0.700. The fourth-order valence-corrected chi connectivity index (χ4v) is 2.89. The smallest absolute Gasteiger partial charge is 0.00656 e. The fourth-order valence-electron chi connectivity index (χ4n) is 1.30. The standard InChI is InChI=1S/C8H12Br2/c9-5-7-3-1-2-4-8(7)6-10/h1-2,7-8H,3-6H2. The Bertz CT molecular complexity index is 106. The first kappa shape index (κ1) is 8.79. The molecule has 0 aliphatic heterocycles. The van der Waals surface area contributed by atoms with E-state index in [1.54, 1.807) is 0 Å². The van der Waals surface area contributed by atoms with Crippen LogP contribution in [0, 0.1) is 11.8 Å². The summed E-state index contributed by atoms with van der Waals surface area (Å²) in [5.41, 5.74) is 0. The van der Waals surface area contributed by atoms with Crippen LogP contribution in [0.5, 0.6) is 0 Å². The first-order valence-corrected chi connectivity index (χ1v) is 5.89. The molecule has 2 unspecified atom stereocenters. The van der Waals surface area contributed by atoms with Crippen molar-refractivity contribution in [3.63, 3.8) is 0 Å². The van der Waals surface area contributed by atoms with Gasteiger partial charge in [-0.05, 0) is 24.7 Å². The van der Waals surface area contributed by atoms with E-state index in [0.717, 1.165) is 22.5 Å². The fraction of sp³-hybridized carbons (Fsp3) is 0.750. The highest BCUT2D eigenvalue weighted by atomic mass is 79.9. The molecule has 0 nitrogen and oxygen atoms in total. The molecule has 1 aliphatic rings. The van der Waals surface area contributed by atoms with Gasteiger partial charge in [0.1, 0.15) is 0 Å². The highest BCUT2D eigenvalue weighted by Crippen LogP contribution is 2.28. The second kappa shape index (κ2) is 4.55. The molecule has 0 fully saturated rings. The topological polar surface area (TPSA) is 0 Å². The van der Waals surface area contributed by atoms with E-state index in [0.29, 0.717) is 0 Å². The summed E-state index contributed by atoms with van der Waals surface area (Å²) >= 11 is 7.07. The second-order valence-corrected chi connectivity index (χ2v) is 4.07. The van der Waals surface area contributed by atoms with E-state index in [2.05, 4.69) is 44.0 Å². The van der Waals surface area contributed by atoms with Gasteiger partial charge in [-0.3, -0.25) is 0 Å². The second-order valence-electron chi connectivity index (χ2n) is 2.77. The maximum atomic E-state index is 3.54. The summed E-state index contributed by atoms with van der Waals surface area (Å²) in [5, 5.41) is 2.29. The van der Waals surface area contributed by atoms with Gasteiger partial charge in [-0.2, -0.15) is 0 Å². The van der Waals surface area contributed by atoms with Crippen molar-refractivity contribution in [2.75, 3.05) is 10.7 Å². The molecule has 0 aromatic heterocycles. The average molecular weight is 268 g/mol. The zero-order valence-corrected chi connectivity index (χ0v) is 9.07. The zero-order valence-electron chi connectivity index (χ0n) is 5.89. The molecule has 10 heavy (non-hydrogen) atoms. The van der Waals surface area contributed by atoms with Gasteiger partial charge < -0.3 is 0 Å². The molecular formula is C8H12Br2. The van der Waals surface area contributed by atoms with Crippen LogP contribution in [0.25, 0.3) is 0 Å². The minimum atomic E-state index is 0.851. The highest BCUT2D eigenvalue weighted by Gasteiger charge is 2.19. The van der Waals surface area contributed by atoms with Crippen LogP contribution in [0.4, 0.5) is 0 Å². The van der Waals surface area contributed by atoms with Crippen LogP contribution < -0.4 is 0 Å². The third-order valence-electron chi connectivity index (χ3n) is 2.11. The first-order valence-electron chi connectivity index (χ1n) is 3.65. The molecule has 0 saturated heterocycles. The highest BCUT2D eigenvalue weighted by molar-refractivity contribution is 9.09. The summed E-state index contributed by atoms with van der Waals surface area (Å²) in [5.74, 6) is 1.70. The molecule has 1 aliphatic carbocycles. The van der Waals surface area contributed by atoms with Crippen LogP contribution in [0.2, 0.25) is 0 Å². The third kappa shape index (κ3) is 2.09. The molecule has 0 spiro atoms. The lowest BCUT2D eigenvalue weighted by Crippen LogP contribution is -2.19. The van der Waals surface area contributed by atoms with Gasteiger partial charge in [0, 0.05) is 10.7 Å². The average Bonchev–Trinajstić information content (AvgIpc) is 2.04. The van der Waals surface area contributed by atoms with E-state index < -0.39 is 0 Å². The van der Waals surface area contributed by atoms with Gasteiger partial charge in [-0.25, -0.2) is 0 Å². The maximum Gasteiger partial charge on any atom is 0.00656 e. The van der Waals surface area contributed by atoms with E-state index >= 15 is 0 Å². The summed E-state index contributed by atoms with van der Waals surface area (Å²) in [7, 11) is 0. The van der Waals surface area contributed by atoms with Gasteiger partial charge in [-0.15, -0.1) is 0 Å². The molecule has 0 amide bonds. The Morgan fingerprint density at radius 2 is 1.40 bits per heavy atom. The Labute approximate surface area is 79.3 Å². The number of alkyl halides is 2. The Kier molecular flexibility index (Phi) is 4.00. The molecule has 0 heterocycles. The molecule has 2 heteroatoms. The molecule has 58 valence electrons. The lowest BCUT2D eigenvalue weighted by atomic mass is 9.86. The van der Waals surface area contributed by atoms with Gasteiger partial charge >= 0.3 is 0 Å². The molecule has 0 radical (unpaired) electrons. The number of rotatable bonds is 2.